The molecule has 0 unspecified atom stereocenters. The van der Waals surface area contributed by atoms with Crippen LogP contribution in [0.5, 0.6) is 0 Å². The molecule has 0 amide bonds. The number of benzene rings is 5. The van der Waals surface area contributed by atoms with Crippen LogP contribution < -0.4 is 0 Å². The van der Waals surface area contributed by atoms with E-state index in [2.05, 4.69) is 118 Å². The molecule has 0 saturated heterocycles. The highest BCUT2D eigenvalue weighted by Gasteiger charge is 2.16. The van der Waals surface area contributed by atoms with Crippen LogP contribution in [-0.2, 0) is 0 Å². The number of nitrogens with zero attached hydrogens (tertiary/aromatic N) is 1. The average molecular weight is 422 g/mol. The lowest BCUT2D eigenvalue weighted by atomic mass is 10.0. The molecule has 0 aliphatic rings. The van der Waals surface area contributed by atoms with E-state index in [4.69, 9.17) is 0 Å². The lowest BCUT2D eigenvalue weighted by Gasteiger charge is -2.10. The van der Waals surface area contributed by atoms with Gasteiger partial charge in [0, 0.05) is 20.9 Å². The molecule has 0 radical (unpaired) electrons. The molecule has 2 heteroatoms. The molecule has 1 nitrogen and oxygen atoms in total. The first-order valence-corrected chi connectivity index (χ1v) is 10.2. The molecular formula is C26H16BrN. The van der Waals surface area contributed by atoms with Gasteiger partial charge in [-0.3, -0.25) is 0 Å². The largest absolute Gasteiger partial charge is 0.309 e. The maximum Gasteiger partial charge on any atom is 0.0547 e. The van der Waals surface area contributed by atoms with Gasteiger partial charge in [0.25, 0.3) is 0 Å². The highest BCUT2D eigenvalue weighted by molar-refractivity contribution is 9.10. The molecule has 6 aromatic rings. The molecule has 5 aromatic carbocycles. The Morgan fingerprint density at radius 2 is 1.14 bits per heavy atom. The minimum atomic E-state index is 1.10. The summed E-state index contributed by atoms with van der Waals surface area (Å²) in [6.45, 7) is 0. The minimum absolute atomic E-state index is 1.10. The summed E-state index contributed by atoms with van der Waals surface area (Å²) in [5, 5.41) is 5.29. The zero-order valence-electron chi connectivity index (χ0n) is 15.1. The first-order valence-electron chi connectivity index (χ1n) is 9.40. The summed E-state index contributed by atoms with van der Waals surface area (Å²) < 4.78 is 3.49. The second-order valence-electron chi connectivity index (χ2n) is 7.21. The smallest absolute Gasteiger partial charge is 0.0547 e. The quantitative estimate of drug-likeness (QED) is 0.251. The Bertz CT molecular complexity index is 1390. The highest BCUT2D eigenvalue weighted by atomic mass is 79.9. The van der Waals surface area contributed by atoms with E-state index < -0.39 is 0 Å². The molecule has 0 aliphatic heterocycles. The second-order valence-corrected chi connectivity index (χ2v) is 8.12. The van der Waals surface area contributed by atoms with Gasteiger partial charge < -0.3 is 4.57 Å². The fraction of sp³-hybridized carbons (Fsp3) is 0. The first-order chi connectivity index (χ1) is 13.8. The van der Waals surface area contributed by atoms with Gasteiger partial charge in [0.05, 0.1) is 11.0 Å². The summed E-state index contributed by atoms with van der Waals surface area (Å²) in [5.41, 5.74) is 6.16. The van der Waals surface area contributed by atoms with Gasteiger partial charge in [0.15, 0.2) is 0 Å². The van der Waals surface area contributed by atoms with Crippen LogP contribution >= 0.6 is 15.9 Å². The van der Waals surface area contributed by atoms with Crippen molar-refractivity contribution in [2.24, 2.45) is 0 Å². The first kappa shape index (κ1) is 15.9. The molecule has 0 spiro atoms. The van der Waals surface area contributed by atoms with Crippen molar-refractivity contribution < 1.29 is 0 Å². The van der Waals surface area contributed by atoms with Crippen LogP contribution in [0.1, 0.15) is 0 Å². The molecule has 0 bridgehead atoms. The van der Waals surface area contributed by atoms with Crippen LogP contribution in [0.15, 0.2) is 102 Å². The summed E-state index contributed by atoms with van der Waals surface area (Å²) in [6.07, 6.45) is 0. The number of hydrogen-bond donors (Lipinski definition) is 0. The average Bonchev–Trinajstić information content (AvgIpc) is 3.09. The van der Waals surface area contributed by atoms with Crippen LogP contribution in [0, 0.1) is 0 Å². The molecule has 0 N–H and O–H groups in total. The number of halogens is 1. The van der Waals surface area contributed by atoms with Crippen LogP contribution in [0.3, 0.4) is 0 Å². The summed E-state index contributed by atoms with van der Waals surface area (Å²) in [5.74, 6) is 0. The van der Waals surface area contributed by atoms with E-state index in [-0.39, 0.29) is 0 Å². The van der Waals surface area contributed by atoms with Gasteiger partial charge in [0.1, 0.15) is 0 Å². The van der Waals surface area contributed by atoms with Gasteiger partial charge in [0.2, 0.25) is 0 Å². The summed E-state index contributed by atoms with van der Waals surface area (Å²) in [6, 6.07) is 34.9. The molecular weight excluding hydrogens is 406 g/mol. The van der Waals surface area contributed by atoms with Crippen molar-refractivity contribution in [2.45, 2.75) is 0 Å². The van der Waals surface area contributed by atoms with Gasteiger partial charge in [-0.25, -0.2) is 0 Å². The van der Waals surface area contributed by atoms with Crippen molar-refractivity contribution in [1.29, 1.82) is 0 Å². The van der Waals surface area contributed by atoms with Crippen molar-refractivity contribution in [3.05, 3.63) is 102 Å². The van der Waals surface area contributed by atoms with E-state index in [0.29, 0.717) is 0 Å². The SMILES string of the molecule is Brc1ccc(-c2cccc(-n3c4cccc5ccc6cccc3c6c54)c2)cc1. The second kappa shape index (κ2) is 5.95. The summed E-state index contributed by atoms with van der Waals surface area (Å²) in [7, 11) is 0. The fourth-order valence-corrected chi connectivity index (χ4v) is 4.63. The van der Waals surface area contributed by atoms with Gasteiger partial charge in [-0.15, -0.1) is 0 Å². The molecule has 1 aromatic heterocycles. The fourth-order valence-electron chi connectivity index (χ4n) is 4.36. The molecule has 6 rings (SSSR count). The third-order valence-corrected chi connectivity index (χ3v) is 6.13. The summed E-state index contributed by atoms with van der Waals surface area (Å²) >= 11 is 3.53. The van der Waals surface area contributed by atoms with Crippen LogP contribution in [-0.4, -0.2) is 4.57 Å². The van der Waals surface area contributed by atoms with Gasteiger partial charge in [-0.1, -0.05) is 76.6 Å². The Kier molecular flexibility index (Phi) is 3.38. The lowest BCUT2D eigenvalue weighted by molar-refractivity contribution is 1.18. The number of rotatable bonds is 2. The van der Waals surface area contributed by atoms with Crippen LogP contribution in [0.2, 0.25) is 0 Å². The zero-order valence-corrected chi connectivity index (χ0v) is 16.6. The number of hydrogen-bond acceptors (Lipinski definition) is 0. The Labute approximate surface area is 171 Å². The normalized spacial score (nSPS) is 11.8. The highest BCUT2D eigenvalue weighted by Crippen LogP contribution is 2.39. The van der Waals surface area contributed by atoms with Gasteiger partial charge in [-0.2, -0.15) is 0 Å². The predicted octanol–water partition coefficient (Wildman–Crippen LogP) is 7.80. The third kappa shape index (κ3) is 2.25. The van der Waals surface area contributed by atoms with Gasteiger partial charge in [-0.05, 0) is 58.3 Å². The van der Waals surface area contributed by atoms with E-state index in [0.717, 1.165) is 4.47 Å². The molecule has 0 atom stereocenters. The molecule has 132 valence electrons. The molecule has 0 aliphatic carbocycles. The van der Waals surface area contributed by atoms with E-state index >= 15 is 0 Å². The molecule has 28 heavy (non-hydrogen) atoms. The Morgan fingerprint density at radius 3 is 1.79 bits per heavy atom. The maximum absolute atomic E-state index is 3.53. The number of aromatic nitrogens is 1. The topological polar surface area (TPSA) is 4.93 Å². The Balaban J connectivity index is 1.68. The van der Waals surface area contributed by atoms with Crippen molar-refractivity contribution in [3.8, 4) is 16.8 Å². The summed E-state index contributed by atoms with van der Waals surface area (Å²) in [4.78, 5) is 0. The van der Waals surface area contributed by atoms with E-state index in [1.165, 1.54) is 49.4 Å². The van der Waals surface area contributed by atoms with Crippen molar-refractivity contribution >= 4 is 48.5 Å². The maximum atomic E-state index is 3.53. The van der Waals surface area contributed by atoms with E-state index in [1.54, 1.807) is 0 Å². The Morgan fingerprint density at radius 1 is 0.536 bits per heavy atom. The third-order valence-electron chi connectivity index (χ3n) is 5.61. The predicted molar refractivity (Wildman–Crippen MR) is 123 cm³/mol. The zero-order chi connectivity index (χ0) is 18.7. The molecule has 1 heterocycles. The standard InChI is InChI=1S/C26H16BrN/c27-21-14-12-17(13-15-21)20-6-1-7-22(16-20)28-23-8-2-4-18-10-11-19-5-3-9-24(28)26(19)25(18)23/h1-16H. The Hall–Kier alpha value is -3.10. The van der Waals surface area contributed by atoms with Crippen molar-refractivity contribution in [2.75, 3.05) is 0 Å². The van der Waals surface area contributed by atoms with E-state index in [9.17, 15) is 0 Å². The molecule has 0 fully saturated rings. The van der Waals surface area contributed by atoms with Crippen molar-refractivity contribution in [1.82, 2.24) is 4.57 Å². The van der Waals surface area contributed by atoms with Crippen LogP contribution in [0.25, 0.3) is 49.4 Å². The monoisotopic (exact) mass is 421 g/mol. The van der Waals surface area contributed by atoms with Crippen LogP contribution in [0.4, 0.5) is 0 Å². The van der Waals surface area contributed by atoms with E-state index in [1.807, 2.05) is 0 Å². The molecule has 0 saturated carbocycles. The lowest BCUT2D eigenvalue weighted by Crippen LogP contribution is -1.94. The van der Waals surface area contributed by atoms with Crippen molar-refractivity contribution in [3.63, 3.8) is 0 Å². The minimum Gasteiger partial charge on any atom is -0.309 e. The van der Waals surface area contributed by atoms with Gasteiger partial charge >= 0.3 is 0 Å².